The Morgan fingerprint density at radius 2 is 2.31 bits per heavy atom. The molecule has 0 radical (unpaired) electrons. The second-order valence-electron chi connectivity index (χ2n) is 2.81. The molecule has 0 aliphatic carbocycles. The zero-order chi connectivity index (χ0) is 9.10. The van der Waals surface area contributed by atoms with E-state index in [0.29, 0.717) is 0 Å². The lowest BCUT2D eigenvalue weighted by molar-refractivity contribution is 1.36. The van der Waals surface area contributed by atoms with Gasteiger partial charge in [-0.2, -0.15) is 0 Å². The van der Waals surface area contributed by atoms with Crippen molar-refractivity contribution in [3.05, 3.63) is 42.3 Å². The van der Waals surface area contributed by atoms with Gasteiger partial charge in [-0.1, -0.05) is 18.2 Å². The summed E-state index contributed by atoms with van der Waals surface area (Å²) in [4.78, 5) is 0. The van der Waals surface area contributed by atoms with Crippen LogP contribution in [0.1, 0.15) is 0 Å². The Morgan fingerprint density at radius 3 is 3.15 bits per heavy atom. The highest BCUT2D eigenvalue weighted by Crippen LogP contribution is 2.28. The van der Waals surface area contributed by atoms with Crippen LogP contribution in [0.4, 0.5) is 5.69 Å². The summed E-state index contributed by atoms with van der Waals surface area (Å²) in [6, 6.07) is 8.44. The fourth-order valence-electron chi connectivity index (χ4n) is 1.31. The van der Waals surface area contributed by atoms with E-state index in [2.05, 4.69) is 41.5 Å². The number of rotatable bonds is 3. The van der Waals surface area contributed by atoms with E-state index < -0.39 is 0 Å². The van der Waals surface area contributed by atoms with E-state index in [4.69, 9.17) is 0 Å². The van der Waals surface area contributed by atoms with Crippen LogP contribution in [0.5, 0.6) is 0 Å². The molecule has 1 aromatic heterocycles. The van der Waals surface area contributed by atoms with Gasteiger partial charge in [0, 0.05) is 6.54 Å². The molecule has 1 heterocycles. The van der Waals surface area contributed by atoms with Crippen LogP contribution in [0.25, 0.3) is 10.1 Å². The zero-order valence-corrected chi connectivity index (χ0v) is 8.10. The summed E-state index contributed by atoms with van der Waals surface area (Å²) in [5.74, 6) is 0. The lowest BCUT2D eigenvalue weighted by atomic mass is 10.2. The Morgan fingerprint density at radius 1 is 1.38 bits per heavy atom. The molecule has 2 rings (SSSR count). The number of anilines is 1. The lowest BCUT2D eigenvalue weighted by Crippen LogP contribution is -1.96. The van der Waals surface area contributed by atoms with Crippen molar-refractivity contribution in [1.82, 2.24) is 0 Å². The summed E-state index contributed by atoms with van der Waals surface area (Å²) in [6.07, 6.45) is 1.87. The monoisotopic (exact) mass is 189 g/mol. The van der Waals surface area contributed by atoms with Crippen molar-refractivity contribution >= 4 is 27.1 Å². The maximum Gasteiger partial charge on any atom is 0.0574 e. The van der Waals surface area contributed by atoms with Crippen molar-refractivity contribution in [2.75, 3.05) is 11.9 Å². The predicted octanol–water partition coefficient (Wildman–Crippen LogP) is 3.50. The quantitative estimate of drug-likeness (QED) is 0.729. The Kier molecular flexibility index (Phi) is 2.32. The minimum atomic E-state index is 0.816. The van der Waals surface area contributed by atoms with E-state index in [1.807, 2.05) is 6.08 Å². The largest absolute Gasteiger partial charge is 0.380 e. The highest BCUT2D eigenvalue weighted by Gasteiger charge is 1.99. The van der Waals surface area contributed by atoms with Crippen LogP contribution in [-0.4, -0.2) is 6.54 Å². The van der Waals surface area contributed by atoms with Crippen molar-refractivity contribution in [2.24, 2.45) is 0 Å². The average Bonchev–Trinajstić information content (AvgIpc) is 2.62. The molecule has 1 N–H and O–H groups in total. The first-order valence-corrected chi connectivity index (χ1v) is 5.11. The molecule has 0 saturated carbocycles. The van der Waals surface area contributed by atoms with E-state index in [1.165, 1.54) is 15.8 Å². The molecule has 0 saturated heterocycles. The SMILES string of the molecule is C=CCNc1cccc2ccsc12. The maximum absolute atomic E-state index is 3.68. The Balaban J connectivity index is 2.42. The zero-order valence-electron chi connectivity index (χ0n) is 7.29. The van der Waals surface area contributed by atoms with Gasteiger partial charge in [0.15, 0.2) is 0 Å². The molecule has 66 valence electrons. The number of fused-ring (bicyclic) bond motifs is 1. The molecule has 13 heavy (non-hydrogen) atoms. The molecule has 0 aliphatic heterocycles. The molecule has 0 atom stereocenters. The first-order chi connectivity index (χ1) is 6.42. The second-order valence-corrected chi connectivity index (χ2v) is 3.73. The van der Waals surface area contributed by atoms with Crippen molar-refractivity contribution in [1.29, 1.82) is 0 Å². The molecule has 2 aromatic rings. The molecular weight excluding hydrogens is 178 g/mol. The summed E-state index contributed by atoms with van der Waals surface area (Å²) >= 11 is 1.77. The lowest BCUT2D eigenvalue weighted by Gasteiger charge is -2.03. The number of thiophene rings is 1. The fraction of sp³-hybridized carbons (Fsp3) is 0.0909. The van der Waals surface area contributed by atoms with Gasteiger partial charge >= 0.3 is 0 Å². The van der Waals surface area contributed by atoms with Gasteiger partial charge in [0.1, 0.15) is 0 Å². The van der Waals surface area contributed by atoms with E-state index >= 15 is 0 Å². The summed E-state index contributed by atoms with van der Waals surface area (Å²) in [5, 5.41) is 6.74. The summed E-state index contributed by atoms with van der Waals surface area (Å²) < 4.78 is 1.32. The number of nitrogens with one attached hydrogen (secondary N) is 1. The minimum Gasteiger partial charge on any atom is -0.380 e. The molecule has 0 amide bonds. The normalized spacial score (nSPS) is 10.2. The summed E-state index contributed by atoms with van der Waals surface area (Å²) in [5.41, 5.74) is 1.20. The van der Waals surface area contributed by atoms with Gasteiger partial charge in [0.25, 0.3) is 0 Å². The minimum absolute atomic E-state index is 0.816. The maximum atomic E-state index is 3.68. The van der Waals surface area contributed by atoms with Gasteiger partial charge in [0.05, 0.1) is 10.4 Å². The van der Waals surface area contributed by atoms with Crippen molar-refractivity contribution in [3.63, 3.8) is 0 Å². The van der Waals surface area contributed by atoms with E-state index in [9.17, 15) is 0 Å². The van der Waals surface area contributed by atoms with Gasteiger partial charge in [-0.05, 0) is 22.9 Å². The van der Waals surface area contributed by atoms with Gasteiger partial charge in [-0.15, -0.1) is 17.9 Å². The number of benzene rings is 1. The van der Waals surface area contributed by atoms with Crippen molar-refractivity contribution in [2.45, 2.75) is 0 Å². The van der Waals surface area contributed by atoms with Crippen molar-refractivity contribution in [3.8, 4) is 0 Å². The van der Waals surface area contributed by atoms with Crippen LogP contribution in [0.15, 0.2) is 42.3 Å². The molecule has 1 aromatic carbocycles. The third-order valence-electron chi connectivity index (χ3n) is 1.92. The molecule has 0 aliphatic rings. The van der Waals surface area contributed by atoms with Crippen LogP contribution < -0.4 is 5.32 Å². The number of hydrogen-bond acceptors (Lipinski definition) is 2. The molecule has 1 nitrogen and oxygen atoms in total. The third kappa shape index (κ3) is 1.58. The Hall–Kier alpha value is -1.28. The van der Waals surface area contributed by atoms with Crippen LogP contribution in [0, 0.1) is 0 Å². The topological polar surface area (TPSA) is 12.0 Å². The highest BCUT2D eigenvalue weighted by atomic mass is 32.1. The average molecular weight is 189 g/mol. The molecule has 0 fully saturated rings. The molecule has 0 unspecified atom stereocenters. The third-order valence-corrected chi connectivity index (χ3v) is 2.88. The Labute approximate surface area is 81.7 Å². The van der Waals surface area contributed by atoms with E-state index in [1.54, 1.807) is 11.3 Å². The van der Waals surface area contributed by atoms with Crippen molar-refractivity contribution < 1.29 is 0 Å². The molecule has 0 bridgehead atoms. The molecule has 2 heteroatoms. The van der Waals surface area contributed by atoms with Gasteiger partial charge in [0.2, 0.25) is 0 Å². The number of hydrogen-bond donors (Lipinski definition) is 1. The predicted molar refractivity (Wildman–Crippen MR) is 60.5 cm³/mol. The fourth-order valence-corrected chi connectivity index (χ4v) is 2.20. The van der Waals surface area contributed by atoms with E-state index in [-0.39, 0.29) is 0 Å². The van der Waals surface area contributed by atoms with Crippen LogP contribution in [0.2, 0.25) is 0 Å². The Bertz CT molecular complexity index is 417. The van der Waals surface area contributed by atoms with Gasteiger partial charge in [-0.25, -0.2) is 0 Å². The summed E-state index contributed by atoms with van der Waals surface area (Å²) in [7, 11) is 0. The smallest absolute Gasteiger partial charge is 0.0574 e. The second kappa shape index (κ2) is 3.62. The standard InChI is InChI=1S/C11H11NS/c1-2-7-12-10-5-3-4-9-6-8-13-11(9)10/h2-6,8,12H,1,7H2. The first kappa shape index (κ1) is 8.32. The first-order valence-electron chi connectivity index (χ1n) is 4.23. The van der Waals surface area contributed by atoms with Gasteiger partial charge in [-0.3, -0.25) is 0 Å². The van der Waals surface area contributed by atoms with E-state index in [0.717, 1.165) is 6.54 Å². The van der Waals surface area contributed by atoms with Crippen LogP contribution in [-0.2, 0) is 0 Å². The van der Waals surface area contributed by atoms with Crippen LogP contribution >= 0.6 is 11.3 Å². The molecular formula is C11H11NS. The highest BCUT2D eigenvalue weighted by molar-refractivity contribution is 7.17. The van der Waals surface area contributed by atoms with Crippen LogP contribution in [0.3, 0.4) is 0 Å². The van der Waals surface area contributed by atoms with Gasteiger partial charge < -0.3 is 5.32 Å². The molecule has 0 spiro atoms. The summed E-state index contributed by atoms with van der Waals surface area (Å²) in [6.45, 7) is 4.50.